The van der Waals surface area contributed by atoms with Gasteiger partial charge in [0.15, 0.2) is 0 Å². The maximum absolute atomic E-state index is 10.8. The molecule has 0 aliphatic heterocycles. The van der Waals surface area contributed by atoms with Crippen molar-refractivity contribution in [1.29, 1.82) is 10.5 Å². The van der Waals surface area contributed by atoms with E-state index in [1.807, 2.05) is 78.9 Å². The molecule has 0 saturated heterocycles. The molecule has 4 aromatic heterocycles. The van der Waals surface area contributed by atoms with Crippen molar-refractivity contribution in [3.05, 3.63) is 145 Å². The van der Waals surface area contributed by atoms with E-state index in [9.17, 15) is 10.5 Å². The summed E-state index contributed by atoms with van der Waals surface area (Å²) in [6, 6.07) is 49.5. The third-order valence-corrected chi connectivity index (χ3v) is 10.2. The van der Waals surface area contributed by atoms with Crippen LogP contribution in [0.5, 0.6) is 0 Å². The average molecular weight is 639 g/mol. The molecule has 11 rings (SSSR count). The Morgan fingerprint density at radius 1 is 0.420 bits per heavy atom. The highest BCUT2D eigenvalue weighted by molar-refractivity contribution is 6.29. The van der Waals surface area contributed by atoms with Crippen LogP contribution in [0.2, 0.25) is 0 Å². The van der Waals surface area contributed by atoms with E-state index in [1.165, 1.54) is 0 Å². The zero-order chi connectivity index (χ0) is 33.1. The van der Waals surface area contributed by atoms with Gasteiger partial charge in [-0.15, -0.1) is 0 Å². The molecule has 50 heavy (non-hydrogen) atoms. The zero-order valence-electron chi connectivity index (χ0n) is 26.3. The van der Waals surface area contributed by atoms with E-state index in [1.54, 1.807) is 6.07 Å². The summed E-state index contributed by atoms with van der Waals surface area (Å²) < 4.78 is 17.0. The molecule has 0 atom stereocenters. The molecule has 0 N–H and O–H groups in total. The van der Waals surface area contributed by atoms with Crippen molar-refractivity contribution in [2.45, 2.75) is 0 Å². The second-order valence-electron chi connectivity index (χ2n) is 12.7. The van der Waals surface area contributed by atoms with Gasteiger partial charge in [-0.2, -0.15) is 10.5 Å². The molecule has 11 aromatic rings. The summed E-state index contributed by atoms with van der Waals surface area (Å²) in [7, 11) is 0. The lowest BCUT2D eigenvalue weighted by atomic mass is 10.0. The van der Waals surface area contributed by atoms with Crippen LogP contribution in [0.25, 0.3) is 98.9 Å². The van der Waals surface area contributed by atoms with Gasteiger partial charge in [-0.1, -0.05) is 72.8 Å². The first-order valence-electron chi connectivity index (χ1n) is 16.4. The Hall–Kier alpha value is -7.28. The number of hydrogen-bond donors (Lipinski definition) is 0. The zero-order valence-corrected chi connectivity index (χ0v) is 26.3. The maximum atomic E-state index is 10.8. The largest absolute Gasteiger partial charge is 0.456 e. The van der Waals surface area contributed by atoms with Crippen LogP contribution < -0.4 is 0 Å². The van der Waals surface area contributed by atoms with E-state index in [-0.39, 0.29) is 0 Å². The highest BCUT2D eigenvalue weighted by Crippen LogP contribution is 2.45. The van der Waals surface area contributed by atoms with Gasteiger partial charge < -0.3 is 18.0 Å². The number of benzene rings is 7. The first-order chi connectivity index (χ1) is 24.7. The van der Waals surface area contributed by atoms with Gasteiger partial charge in [0, 0.05) is 43.1 Å². The highest BCUT2D eigenvalue weighted by Gasteiger charge is 2.26. The minimum absolute atomic E-state index is 0.402. The van der Waals surface area contributed by atoms with E-state index in [2.05, 4.69) is 69.8 Å². The molecule has 0 bridgehead atoms. The molecule has 4 heterocycles. The topological polar surface area (TPSA) is 83.7 Å². The summed E-state index contributed by atoms with van der Waals surface area (Å²) in [5.74, 6) is 0. The summed E-state index contributed by atoms with van der Waals surface area (Å²) in [6.07, 6.45) is 0. The Balaban J connectivity index is 1.36. The van der Waals surface area contributed by atoms with Crippen molar-refractivity contribution in [1.82, 2.24) is 9.13 Å². The molecule has 0 radical (unpaired) electrons. The number of aromatic nitrogens is 2. The maximum Gasteiger partial charge on any atom is 0.136 e. The molecular formula is C44H22N4O2. The molecule has 230 valence electrons. The van der Waals surface area contributed by atoms with Crippen LogP contribution in [0.1, 0.15) is 11.1 Å². The van der Waals surface area contributed by atoms with Gasteiger partial charge in [0.1, 0.15) is 28.4 Å². The number of nitrogens with zero attached hydrogens (tertiary/aromatic N) is 4. The van der Waals surface area contributed by atoms with Gasteiger partial charge in [-0.25, -0.2) is 0 Å². The first kappa shape index (κ1) is 26.8. The minimum atomic E-state index is 0.402. The van der Waals surface area contributed by atoms with Crippen LogP contribution in [-0.4, -0.2) is 9.13 Å². The SMILES string of the molecule is N#Cc1cc(C#N)c(-n2c3ccccc3c3c4c(ccc32)oc2ccccc24)c(-n2c3ccccc3c3c4c(ccc32)oc2ccccc24)c1. The predicted molar refractivity (Wildman–Crippen MR) is 199 cm³/mol. The molecule has 0 saturated carbocycles. The van der Waals surface area contributed by atoms with Crippen LogP contribution in [0.15, 0.2) is 142 Å². The molecule has 7 aromatic carbocycles. The third-order valence-electron chi connectivity index (χ3n) is 10.2. The van der Waals surface area contributed by atoms with Crippen molar-refractivity contribution >= 4 is 87.5 Å². The van der Waals surface area contributed by atoms with Crippen molar-refractivity contribution in [2.75, 3.05) is 0 Å². The van der Waals surface area contributed by atoms with Crippen molar-refractivity contribution < 1.29 is 8.83 Å². The smallest absolute Gasteiger partial charge is 0.136 e. The van der Waals surface area contributed by atoms with Crippen molar-refractivity contribution in [3.8, 4) is 23.5 Å². The minimum Gasteiger partial charge on any atom is -0.456 e. The fourth-order valence-electron chi connectivity index (χ4n) is 8.22. The van der Waals surface area contributed by atoms with Crippen LogP contribution in [0.3, 0.4) is 0 Å². The third kappa shape index (κ3) is 3.34. The number of furan rings is 2. The molecule has 0 spiro atoms. The van der Waals surface area contributed by atoms with E-state index in [0.717, 1.165) is 93.2 Å². The summed E-state index contributed by atoms with van der Waals surface area (Å²) >= 11 is 0. The summed E-state index contributed by atoms with van der Waals surface area (Å²) in [4.78, 5) is 0. The van der Waals surface area contributed by atoms with E-state index in [4.69, 9.17) is 8.83 Å². The molecule has 0 amide bonds. The second-order valence-corrected chi connectivity index (χ2v) is 12.7. The highest BCUT2D eigenvalue weighted by atomic mass is 16.3. The fourth-order valence-corrected chi connectivity index (χ4v) is 8.22. The molecule has 0 aliphatic rings. The van der Waals surface area contributed by atoms with E-state index >= 15 is 0 Å². The number of para-hydroxylation sites is 4. The Labute approximate surface area is 283 Å². The lowest BCUT2D eigenvalue weighted by Gasteiger charge is -2.18. The number of rotatable bonds is 2. The van der Waals surface area contributed by atoms with Crippen LogP contribution >= 0.6 is 0 Å². The van der Waals surface area contributed by atoms with Gasteiger partial charge in [-0.3, -0.25) is 0 Å². The normalized spacial score (nSPS) is 12.0. The number of nitriles is 2. The molecule has 0 fully saturated rings. The van der Waals surface area contributed by atoms with Crippen molar-refractivity contribution in [2.24, 2.45) is 0 Å². The molecule has 0 aliphatic carbocycles. The second kappa shape index (κ2) is 9.64. The van der Waals surface area contributed by atoms with Crippen LogP contribution in [0, 0.1) is 22.7 Å². The summed E-state index contributed by atoms with van der Waals surface area (Å²) in [5, 5.41) is 29.5. The lowest BCUT2D eigenvalue weighted by molar-refractivity contribution is 0.669. The molecule has 6 heteroatoms. The Morgan fingerprint density at radius 2 is 0.920 bits per heavy atom. The lowest BCUT2D eigenvalue weighted by Crippen LogP contribution is -2.07. The quantitative estimate of drug-likeness (QED) is 0.189. The van der Waals surface area contributed by atoms with E-state index < -0.39 is 0 Å². The fraction of sp³-hybridized carbons (Fsp3) is 0. The van der Waals surface area contributed by atoms with Crippen LogP contribution in [0.4, 0.5) is 0 Å². The molecular weight excluding hydrogens is 617 g/mol. The Morgan fingerprint density at radius 3 is 1.48 bits per heavy atom. The van der Waals surface area contributed by atoms with Gasteiger partial charge >= 0.3 is 0 Å². The van der Waals surface area contributed by atoms with Gasteiger partial charge in [-0.05, 0) is 60.7 Å². The standard InChI is InChI=1S/C44H22N4O2/c45-23-25-21-26(24-46)44(48-32-14-6-2-10-28(32)41-34(48)18-20-39-43(41)30-12-4-8-16-37(30)50-39)35(22-25)47-31-13-5-1-9-27(31)40-33(47)17-19-38-42(40)29-11-3-7-15-36(29)49-38/h1-22H. The Kier molecular flexibility index (Phi) is 5.16. The molecule has 6 nitrogen and oxygen atoms in total. The monoisotopic (exact) mass is 638 g/mol. The van der Waals surface area contributed by atoms with Gasteiger partial charge in [0.05, 0.1) is 50.6 Å². The number of fused-ring (bicyclic) bond motifs is 14. The number of hydrogen-bond acceptors (Lipinski definition) is 4. The first-order valence-corrected chi connectivity index (χ1v) is 16.4. The summed E-state index contributed by atoms with van der Waals surface area (Å²) in [5.41, 5.74) is 9.32. The van der Waals surface area contributed by atoms with Crippen LogP contribution in [-0.2, 0) is 0 Å². The van der Waals surface area contributed by atoms with E-state index in [0.29, 0.717) is 16.8 Å². The van der Waals surface area contributed by atoms with Crippen molar-refractivity contribution in [3.63, 3.8) is 0 Å². The Bertz CT molecular complexity index is 3360. The van der Waals surface area contributed by atoms with Gasteiger partial charge in [0.2, 0.25) is 0 Å². The predicted octanol–water partition coefficient (Wildman–Crippen LogP) is 11.4. The van der Waals surface area contributed by atoms with Gasteiger partial charge in [0.25, 0.3) is 0 Å². The molecule has 0 unspecified atom stereocenters. The average Bonchev–Trinajstić information content (AvgIpc) is 3.91. The summed E-state index contributed by atoms with van der Waals surface area (Å²) in [6.45, 7) is 0.